The Morgan fingerprint density at radius 3 is 1.42 bits per heavy atom. The van der Waals surface area contributed by atoms with Gasteiger partial charge in [0, 0.05) is 11.6 Å². The third kappa shape index (κ3) is 12.5. The van der Waals surface area contributed by atoms with E-state index in [1.165, 1.54) is 0 Å². The molecule has 4 nitrogen and oxygen atoms in total. The predicted octanol–water partition coefficient (Wildman–Crippen LogP) is -0.635. The second-order valence-electron chi connectivity index (χ2n) is 3.54. The highest BCUT2D eigenvalue weighted by Gasteiger charge is 2.14. The molecule has 0 aromatic carbocycles. The third-order valence-electron chi connectivity index (χ3n) is 1.58. The van der Waals surface area contributed by atoms with Gasteiger partial charge in [0.1, 0.15) is 0 Å². The molecule has 12 heavy (non-hydrogen) atoms. The van der Waals surface area contributed by atoms with Crippen LogP contribution in [0.25, 0.3) is 0 Å². The Kier molecular flexibility index (Phi) is 8.97. The molecule has 1 unspecified atom stereocenters. The smallest absolute Gasteiger partial charge is 0.0247 e. The fraction of sp³-hybridized carbons (Fsp3) is 1.00. The largest absolute Gasteiger partial charge is 0.330 e. The molecule has 0 aromatic heterocycles. The van der Waals surface area contributed by atoms with Crippen LogP contribution in [0, 0.1) is 0 Å². The number of nitrogens with two attached hydrogens (primary N) is 4. The monoisotopic (exact) mass is 176 g/mol. The van der Waals surface area contributed by atoms with Gasteiger partial charge >= 0.3 is 0 Å². The standard InChI is InChI=1S/C5H14N2.C3H10N2/c1-4(6)5(2,3)7;4-2-1-3-5/h4H,6-7H2,1-3H3;1-5H2. The minimum absolute atomic E-state index is 0.0764. The van der Waals surface area contributed by atoms with Crippen molar-refractivity contribution < 1.29 is 0 Å². The topological polar surface area (TPSA) is 104 Å². The molecule has 1 atom stereocenters. The van der Waals surface area contributed by atoms with Crippen LogP contribution in [-0.4, -0.2) is 24.7 Å². The lowest BCUT2D eigenvalue weighted by Crippen LogP contribution is -2.48. The van der Waals surface area contributed by atoms with Gasteiger partial charge in [0.2, 0.25) is 0 Å². The van der Waals surface area contributed by atoms with E-state index < -0.39 is 0 Å². The number of hydrogen-bond acceptors (Lipinski definition) is 4. The quantitative estimate of drug-likeness (QED) is 0.459. The van der Waals surface area contributed by atoms with Crippen LogP contribution in [0.15, 0.2) is 0 Å². The Labute approximate surface area is 75.7 Å². The molecule has 0 rings (SSSR count). The molecular weight excluding hydrogens is 152 g/mol. The van der Waals surface area contributed by atoms with Crippen LogP contribution < -0.4 is 22.9 Å². The predicted molar refractivity (Wildman–Crippen MR) is 54.6 cm³/mol. The molecule has 4 heteroatoms. The molecule has 0 radical (unpaired) electrons. The Morgan fingerprint density at radius 1 is 1.17 bits per heavy atom. The van der Waals surface area contributed by atoms with Gasteiger partial charge in [0.15, 0.2) is 0 Å². The van der Waals surface area contributed by atoms with Gasteiger partial charge in [-0.3, -0.25) is 0 Å². The fourth-order valence-corrected chi connectivity index (χ4v) is 0.118. The zero-order chi connectivity index (χ0) is 10.2. The minimum Gasteiger partial charge on any atom is -0.330 e. The first-order valence-corrected chi connectivity index (χ1v) is 4.30. The van der Waals surface area contributed by atoms with Gasteiger partial charge in [0.05, 0.1) is 0 Å². The average molecular weight is 176 g/mol. The molecule has 0 aliphatic heterocycles. The van der Waals surface area contributed by atoms with Crippen LogP contribution in [0.3, 0.4) is 0 Å². The van der Waals surface area contributed by atoms with Crippen LogP contribution in [0.2, 0.25) is 0 Å². The molecule has 0 aliphatic carbocycles. The van der Waals surface area contributed by atoms with E-state index in [2.05, 4.69) is 0 Å². The Balaban J connectivity index is 0. The Hall–Kier alpha value is -0.160. The van der Waals surface area contributed by atoms with E-state index >= 15 is 0 Å². The highest BCUT2D eigenvalue weighted by atomic mass is 14.8. The first kappa shape index (κ1) is 14.4. The normalized spacial score (nSPS) is 13.2. The Morgan fingerprint density at radius 2 is 1.42 bits per heavy atom. The first-order valence-electron chi connectivity index (χ1n) is 4.30. The highest BCUT2D eigenvalue weighted by Crippen LogP contribution is 1.98. The molecule has 0 spiro atoms. The van der Waals surface area contributed by atoms with E-state index in [0.717, 1.165) is 19.5 Å². The summed E-state index contributed by atoms with van der Waals surface area (Å²) in [6.45, 7) is 7.17. The van der Waals surface area contributed by atoms with Gasteiger partial charge in [-0.2, -0.15) is 0 Å². The van der Waals surface area contributed by atoms with Gasteiger partial charge in [-0.25, -0.2) is 0 Å². The first-order chi connectivity index (χ1) is 5.36. The fourth-order valence-electron chi connectivity index (χ4n) is 0.118. The molecule has 0 amide bonds. The summed E-state index contributed by atoms with van der Waals surface area (Å²) < 4.78 is 0. The molecular formula is C8H24N4. The summed E-state index contributed by atoms with van der Waals surface area (Å²) in [5.41, 5.74) is 20.9. The van der Waals surface area contributed by atoms with Crippen molar-refractivity contribution in [2.24, 2.45) is 22.9 Å². The van der Waals surface area contributed by atoms with Crippen molar-refractivity contribution in [3.8, 4) is 0 Å². The van der Waals surface area contributed by atoms with E-state index in [1.807, 2.05) is 20.8 Å². The van der Waals surface area contributed by atoms with Crippen LogP contribution in [-0.2, 0) is 0 Å². The van der Waals surface area contributed by atoms with Gasteiger partial charge in [-0.15, -0.1) is 0 Å². The molecule has 0 aliphatic rings. The lowest BCUT2D eigenvalue weighted by Gasteiger charge is -2.22. The molecule has 0 heterocycles. The molecule has 0 bridgehead atoms. The Bertz CT molecular complexity index is 83.5. The van der Waals surface area contributed by atoms with E-state index in [9.17, 15) is 0 Å². The highest BCUT2D eigenvalue weighted by molar-refractivity contribution is 4.80. The van der Waals surface area contributed by atoms with Gasteiger partial charge in [-0.05, 0) is 40.3 Å². The molecule has 0 saturated heterocycles. The van der Waals surface area contributed by atoms with Crippen LogP contribution >= 0.6 is 0 Å². The third-order valence-corrected chi connectivity index (χ3v) is 1.58. The molecule has 0 aromatic rings. The minimum atomic E-state index is -0.222. The molecule has 76 valence electrons. The molecule has 0 fully saturated rings. The summed E-state index contributed by atoms with van der Waals surface area (Å²) in [7, 11) is 0. The summed E-state index contributed by atoms with van der Waals surface area (Å²) in [5, 5.41) is 0. The van der Waals surface area contributed by atoms with Crippen molar-refractivity contribution in [1.29, 1.82) is 0 Å². The van der Waals surface area contributed by atoms with Gasteiger partial charge in [-0.1, -0.05) is 0 Å². The second kappa shape index (κ2) is 7.49. The number of hydrogen-bond donors (Lipinski definition) is 4. The lowest BCUT2D eigenvalue weighted by atomic mass is 9.99. The maximum absolute atomic E-state index is 5.55. The van der Waals surface area contributed by atoms with E-state index in [0.29, 0.717) is 0 Å². The molecule has 8 N–H and O–H groups in total. The van der Waals surface area contributed by atoms with Crippen molar-refractivity contribution in [2.45, 2.75) is 38.8 Å². The SMILES string of the molecule is CC(N)C(C)(C)N.NCCCN. The van der Waals surface area contributed by atoms with E-state index in [4.69, 9.17) is 22.9 Å². The van der Waals surface area contributed by atoms with Gasteiger partial charge < -0.3 is 22.9 Å². The van der Waals surface area contributed by atoms with Crippen molar-refractivity contribution in [3.05, 3.63) is 0 Å². The van der Waals surface area contributed by atoms with E-state index in [-0.39, 0.29) is 11.6 Å². The second-order valence-corrected chi connectivity index (χ2v) is 3.54. The summed E-state index contributed by atoms with van der Waals surface area (Å²) in [4.78, 5) is 0. The van der Waals surface area contributed by atoms with E-state index in [1.54, 1.807) is 0 Å². The maximum Gasteiger partial charge on any atom is 0.0247 e. The van der Waals surface area contributed by atoms with Crippen molar-refractivity contribution in [1.82, 2.24) is 0 Å². The number of rotatable bonds is 3. The van der Waals surface area contributed by atoms with Crippen molar-refractivity contribution >= 4 is 0 Å². The van der Waals surface area contributed by atoms with Crippen LogP contribution in [0.5, 0.6) is 0 Å². The van der Waals surface area contributed by atoms with Crippen LogP contribution in [0.1, 0.15) is 27.2 Å². The zero-order valence-electron chi connectivity index (χ0n) is 8.51. The lowest BCUT2D eigenvalue weighted by molar-refractivity contribution is 0.433. The molecule has 0 saturated carbocycles. The summed E-state index contributed by atoms with van der Waals surface area (Å²) in [6.07, 6.45) is 0.944. The summed E-state index contributed by atoms with van der Waals surface area (Å²) in [6, 6.07) is 0.0764. The summed E-state index contributed by atoms with van der Waals surface area (Å²) >= 11 is 0. The van der Waals surface area contributed by atoms with Crippen molar-refractivity contribution in [2.75, 3.05) is 13.1 Å². The van der Waals surface area contributed by atoms with Crippen molar-refractivity contribution in [3.63, 3.8) is 0 Å². The van der Waals surface area contributed by atoms with Crippen LogP contribution in [0.4, 0.5) is 0 Å². The average Bonchev–Trinajstić information content (AvgIpc) is 1.88. The zero-order valence-corrected chi connectivity index (χ0v) is 8.51. The van der Waals surface area contributed by atoms with Gasteiger partial charge in [0.25, 0.3) is 0 Å². The summed E-state index contributed by atoms with van der Waals surface area (Å²) in [5.74, 6) is 0. The maximum atomic E-state index is 5.55.